The normalized spacial score (nSPS) is 17.8. The van der Waals surface area contributed by atoms with E-state index in [4.69, 9.17) is 4.98 Å². The van der Waals surface area contributed by atoms with Crippen LogP contribution in [0.25, 0.3) is 10.2 Å². The first-order valence-electron chi connectivity index (χ1n) is 10.3. The maximum absolute atomic E-state index is 13.3. The second kappa shape index (κ2) is 7.41. The molecular formula is C23H27N3O2S. The number of carbonyl (C=O) groups excluding carboxylic acids is 1. The van der Waals surface area contributed by atoms with Crippen molar-refractivity contribution in [2.75, 3.05) is 0 Å². The van der Waals surface area contributed by atoms with Crippen LogP contribution in [-0.4, -0.2) is 20.4 Å². The molecule has 1 atom stereocenters. The molecule has 29 heavy (non-hydrogen) atoms. The Morgan fingerprint density at radius 2 is 1.93 bits per heavy atom. The van der Waals surface area contributed by atoms with Gasteiger partial charge >= 0.3 is 0 Å². The Morgan fingerprint density at radius 1 is 1.21 bits per heavy atom. The lowest BCUT2D eigenvalue weighted by Gasteiger charge is -2.22. The molecule has 1 fully saturated rings. The summed E-state index contributed by atoms with van der Waals surface area (Å²) in [6.45, 7) is 8.46. The highest BCUT2D eigenvalue weighted by atomic mass is 32.1. The molecule has 0 N–H and O–H groups in total. The van der Waals surface area contributed by atoms with Crippen molar-refractivity contribution in [1.82, 2.24) is 14.5 Å². The van der Waals surface area contributed by atoms with E-state index in [1.165, 1.54) is 17.8 Å². The van der Waals surface area contributed by atoms with Crippen LogP contribution in [0, 0.1) is 6.92 Å². The second-order valence-electron chi connectivity index (χ2n) is 7.70. The molecular weight excluding hydrogens is 382 g/mol. The predicted molar refractivity (Wildman–Crippen MR) is 118 cm³/mol. The van der Waals surface area contributed by atoms with Gasteiger partial charge in [-0.1, -0.05) is 13.8 Å². The Kier molecular flexibility index (Phi) is 5.07. The highest BCUT2D eigenvalue weighted by Gasteiger charge is 2.34. The van der Waals surface area contributed by atoms with Gasteiger partial charge in [0.1, 0.15) is 0 Å². The maximum atomic E-state index is 13.3. The molecule has 5 nitrogen and oxygen atoms in total. The summed E-state index contributed by atoms with van der Waals surface area (Å²) in [6, 6.07) is 7.43. The van der Waals surface area contributed by atoms with Crippen LogP contribution >= 0.6 is 11.3 Å². The molecule has 0 bridgehead atoms. The molecule has 6 heteroatoms. The molecule has 5 rings (SSSR count). The second-order valence-corrected chi connectivity index (χ2v) is 8.77. The molecule has 0 spiro atoms. The summed E-state index contributed by atoms with van der Waals surface area (Å²) in [5, 5.41) is 1.20. The van der Waals surface area contributed by atoms with Crippen molar-refractivity contribution in [3.8, 4) is 0 Å². The number of benzene rings is 1. The van der Waals surface area contributed by atoms with Gasteiger partial charge in [0.15, 0.2) is 0 Å². The molecule has 3 aromatic rings. The lowest BCUT2D eigenvalue weighted by atomic mass is 10.0. The number of carbonyl (C=O) groups is 1. The smallest absolute Gasteiger partial charge is 0.254 e. The highest BCUT2D eigenvalue weighted by Crippen LogP contribution is 2.43. The first kappa shape index (κ1) is 19.8. The number of aryl methyl sites for hydroxylation is 1. The average molecular weight is 410 g/mol. The maximum Gasteiger partial charge on any atom is 0.254 e. The number of aromatic nitrogens is 2. The first-order valence-corrected chi connectivity index (χ1v) is 11.2. The number of pyridine rings is 1. The predicted octanol–water partition coefficient (Wildman–Crippen LogP) is 4.92. The van der Waals surface area contributed by atoms with E-state index in [-0.39, 0.29) is 17.5 Å². The molecule has 2 aromatic heterocycles. The first-order chi connectivity index (χ1) is 13.9. The van der Waals surface area contributed by atoms with Crippen molar-refractivity contribution in [1.29, 1.82) is 0 Å². The lowest BCUT2D eigenvalue weighted by Crippen LogP contribution is -2.28. The fraction of sp³-hybridized carbons (Fsp3) is 0.435. The van der Waals surface area contributed by atoms with Crippen LogP contribution in [0.3, 0.4) is 0 Å². The number of nitrogens with zero attached hydrogens (tertiary/aromatic N) is 3. The summed E-state index contributed by atoms with van der Waals surface area (Å²) < 4.78 is 2.75. The van der Waals surface area contributed by atoms with Gasteiger partial charge < -0.3 is 9.47 Å². The topological polar surface area (TPSA) is 55.2 Å². The van der Waals surface area contributed by atoms with E-state index in [2.05, 4.69) is 0 Å². The van der Waals surface area contributed by atoms with E-state index >= 15 is 0 Å². The van der Waals surface area contributed by atoms with E-state index in [9.17, 15) is 9.59 Å². The van der Waals surface area contributed by atoms with Gasteiger partial charge in [0.25, 0.3) is 11.5 Å². The number of hydrogen-bond acceptors (Lipinski definition) is 4. The Balaban J connectivity index is 0.000000994. The molecule has 152 valence electrons. The monoisotopic (exact) mass is 409 g/mol. The zero-order valence-electron chi connectivity index (χ0n) is 17.7. The van der Waals surface area contributed by atoms with Gasteiger partial charge in [-0.15, -0.1) is 11.3 Å². The quantitative estimate of drug-likeness (QED) is 0.603. The van der Waals surface area contributed by atoms with Crippen molar-refractivity contribution in [3.05, 3.63) is 62.0 Å². The average Bonchev–Trinajstić information content (AvgIpc) is 3.39. The van der Waals surface area contributed by atoms with Gasteiger partial charge in [0, 0.05) is 30.3 Å². The largest absolute Gasteiger partial charge is 0.326 e. The van der Waals surface area contributed by atoms with E-state index in [0.717, 1.165) is 27.0 Å². The summed E-state index contributed by atoms with van der Waals surface area (Å²) in [6.07, 6.45) is 2.46. The molecule has 0 radical (unpaired) electrons. The molecule has 1 aliphatic carbocycles. The van der Waals surface area contributed by atoms with Crippen molar-refractivity contribution < 1.29 is 4.79 Å². The van der Waals surface area contributed by atoms with Crippen LogP contribution in [0.4, 0.5) is 0 Å². The molecule has 0 saturated heterocycles. The fourth-order valence-corrected chi connectivity index (χ4v) is 5.29. The lowest BCUT2D eigenvalue weighted by molar-refractivity contribution is 0.0703. The summed E-state index contributed by atoms with van der Waals surface area (Å²) >= 11 is 1.71. The molecule has 2 aliphatic rings. The van der Waals surface area contributed by atoms with Crippen molar-refractivity contribution in [3.63, 3.8) is 0 Å². The highest BCUT2D eigenvalue weighted by molar-refractivity contribution is 7.18. The zero-order chi connectivity index (χ0) is 20.9. The van der Waals surface area contributed by atoms with Crippen LogP contribution in [0.5, 0.6) is 0 Å². The minimum Gasteiger partial charge on any atom is -0.326 e. The van der Waals surface area contributed by atoms with E-state index in [1.54, 1.807) is 29.0 Å². The van der Waals surface area contributed by atoms with Crippen LogP contribution in [0.15, 0.2) is 29.1 Å². The number of rotatable bonds is 2. The number of thiazole rings is 1. The van der Waals surface area contributed by atoms with Gasteiger partial charge in [-0.3, -0.25) is 9.59 Å². The molecule has 0 unspecified atom stereocenters. The fourth-order valence-electron chi connectivity index (χ4n) is 4.11. The van der Waals surface area contributed by atoms with E-state index in [0.29, 0.717) is 18.0 Å². The van der Waals surface area contributed by atoms with Crippen LogP contribution in [0.2, 0.25) is 0 Å². The van der Waals surface area contributed by atoms with Gasteiger partial charge in [-0.2, -0.15) is 0 Å². The van der Waals surface area contributed by atoms with E-state index < -0.39 is 0 Å². The van der Waals surface area contributed by atoms with Crippen LogP contribution in [0.1, 0.15) is 77.8 Å². The summed E-state index contributed by atoms with van der Waals surface area (Å²) in [5.74, 6) is 0.632. The Hall–Kier alpha value is -2.47. The van der Waals surface area contributed by atoms with Gasteiger partial charge in [0.2, 0.25) is 0 Å². The third kappa shape index (κ3) is 3.29. The molecule has 1 saturated carbocycles. The standard InChI is InChI=1S/C21H21N3O2S.C2H6/c1-11-8-18(25)23(3)16-10-24(12(2)19(11)16)21(26)14-6-7-15-17(9-14)27-20(22-15)13-4-5-13;1-2/h6-9,12-13H,4-5,10H2,1-3H3;1-2H3/t12-;/m0./s1. The Bertz CT molecular complexity index is 1160. The van der Waals surface area contributed by atoms with Crippen molar-refractivity contribution >= 4 is 27.5 Å². The van der Waals surface area contributed by atoms with Gasteiger partial charge in [-0.05, 0) is 56.0 Å². The van der Waals surface area contributed by atoms with E-state index in [1.807, 2.05) is 50.8 Å². The number of hydrogen-bond donors (Lipinski definition) is 0. The molecule has 1 aliphatic heterocycles. The molecule has 1 amide bonds. The summed E-state index contributed by atoms with van der Waals surface area (Å²) in [5.41, 5.74) is 4.65. The summed E-state index contributed by atoms with van der Waals surface area (Å²) in [4.78, 5) is 31.9. The van der Waals surface area contributed by atoms with Crippen molar-refractivity contribution in [2.24, 2.45) is 7.05 Å². The van der Waals surface area contributed by atoms with Gasteiger partial charge in [0.05, 0.1) is 27.8 Å². The third-order valence-corrected chi connectivity index (χ3v) is 7.04. The molecule has 1 aromatic carbocycles. The van der Waals surface area contributed by atoms with Gasteiger partial charge in [-0.25, -0.2) is 4.98 Å². The van der Waals surface area contributed by atoms with Crippen LogP contribution in [-0.2, 0) is 13.6 Å². The Morgan fingerprint density at radius 3 is 2.62 bits per heavy atom. The minimum absolute atomic E-state index is 0.00817. The van der Waals surface area contributed by atoms with Crippen LogP contribution < -0.4 is 5.56 Å². The third-order valence-electron chi connectivity index (χ3n) is 5.86. The summed E-state index contributed by atoms with van der Waals surface area (Å²) in [7, 11) is 1.78. The zero-order valence-corrected chi connectivity index (χ0v) is 18.5. The molecule has 3 heterocycles. The Labute approximate surface area is 175 Å². The number of amides is 1. The minimum atomic E-state index is -0.0431. The van der Waals surface area contributed by atoms with Crippen molar-refractivity contribution in [2.45, 2.75) is 59.0 Å². The number of fused-ring (bicyclic) bond motifs is 2. The SMILES string of the molecule is CC.Cc1cc(=O)n(C)c2c1[C@H](C)N(C(=O)c1ccc3nc(C4CC4)sc3c1)C2.